The molecular formula is C22H23N3O3. The summed E-state index contributed by atoms with van der Waals surface area (Å²) >= 11 is 0. The number of carbonyl (C=O) groups is 1. The number of hydrogen-bond acceptors (Lipinski definition) is 3. The summed E-state index contributed by atoms with van der Waals surface area (Å²) in [7, 11) is 3.17. The highest BCUT2D eigenvalue weighted by atomic mass is 16.5. The second-order valence-corrected chi connectivity index (χ2v) is 6.67. The van der Waals surface area contributed by atoms with E-state index in [0.717, 1.165) is 11.9 Å². The highest BCUT2D eigenvalue weighted by Crippen LogP contribution is 2.31. The number of aromatic amines is 1. The van der Waals surface area contributed by atoms with Crippen LogP contribution in [0.4, 0.5) is 10.5 Å². The summed E-state index contributed by atoms with van der Waals surface area (Å²) in [4.78, 5) is 17.8. The quantitative estimate of drug-likeness (QED) is 0.703. The first-order valence-corrected chi connectivity index (χ1v) is 9.23. The maximum atomic E-state index is 12.7. The van der Waals surface area contributed by atoms with Crippen LogP contribution in [0.3, 0.4) is 0 Å². The Hall–Kier alpha value is -3.41. The molecule has 0 atom stereocenters. The Balaban J connectivity index is 1.48. The third kappa shape index (κ3) is 3.41. The largest absolute Gasteiger partial charge is 0.497 e. The molecule has 2 aromatic carbocycles. The minimum Gasteiger partial charge on any atom is -0.497 e. The van der Waals surface area contributed by atoms with Gasteiger partial charge in [0.05, 0.1) is 19.9 Å². The number of H-pyrrole nitrogens is 1. The lowest BCUT2D eigenvalue weighted by Gasteiger charge is -2.27. The summed E-state index contributed by atoms with van der Waals surface area (Å²) in [6.45, 7) is 1.22. The van der Waals surface area contributed by atoms with Crippen LogP contribution in [0.1, 0.15) is 12.0 Å². The van der Waals surface area contributed by atoms with Crippen molar-refractivity contribution in [3.63, 3.8) is 0 Å². The monoisotopic (exact) mass is 377 g/mol. The van der Waals surface area contributed by atoms with E-state index in [-0.39, 0.29) is 6.03 Å². The summed E-state index contributed by atoms with van der Waals surface area (Å²) in [5.74, 6) is 1.26. The van der Waals surface area contributed by atoms with Crippen LogP contribution in [0.25, 0.3) is 16.5 Å². The number of methoxy groups -OCH3 is 2. The van der Waals surface area contributed by atoms with Crippen LogP contribution in [-0.4, -0.2) is 43.2 Å². The molecule has 0 radical (unpaired) electrons. The van der Waals surface area contributed by atoms with Crippen molar-refractivity contribution in [2.24, 2.45) is 0 Å². The van der Waals surface area contributed by atoms with Gasteiger partial charge in [0, 0.05) is 41.8 Å². The van der Waals surface area contributed by atoms with E-state index < -0.39 is 0 Å². The van der Waals surface area contributed by atoms with E-state index in [2.05, 4.69) is 28.5 Å². The molecule has 2 N–H and O–H groups in total. The van der Waals surface area contributed by atoms with Crippen molar-refractivity contribution in [1.29, 1.82) is 0 Å². The third-order valence-electron chi connectivity index (χ3n) is 5.08. The Labute approximate surface area is 163 Å². The average molecular weight is 377 g/mol. The molecular weight excluding hydrogens is 354 g/mol. The molecule has 0 aliphatic carbocycles. The zero-order valence-electron chi connectivity index (χ0n) is 16.0. The van der Waals surface area contributed by atoms with Gasteiger partial charge in [-0.2, -0.15) is 0 Å². The van der Waals surface area contributed by atoms with E-state index in [1.807, 2.05) is 18.3 Å². The highest BCUT2D eigenvalue weighted by molar-refractivity contribution is 5.94. The fourth-order valence-electron chi connectivity index (χ4n) is 3.54. The van der Waals surface area contributed by atoms with E-state index in [4.69, 9.17) is 9.47 Å². The van der Waals surface area contributed by atoms with Gasteiger partial charge in [-0.1, -0.05) is 24.3 Å². The van der Waals surface area contributed by atoms with E-state index in [0.29, 0.717) is 30.3 Å². The van der Waals surface area contributed by atoms with E-state index in [1.54, 1.807) is 37.3 Å². The van der Waals surface area contributed by atoms with Crippen LogP contribution in [0.15, 0.2) is 54.7 Å². The van der Waals surface area contributed by atoms with Crippen LogP contribution in [0.5, 0.6) is 11.5 Å². The number of para-hydroxylation sites is 1. The first-order chi connectivity index (χ1) is 13.7. The maximum Gasteiger partial charge on any atom is 0.322 e. The Morgan fingerprint density at radius 3 is 2.75 bits per heavy atom. The van der Waals surface area contributed by atoms with E-state index in [9.17, 15) is 4.79 Å². The number of carbonyl (C=O) groups excluding carboxylic acids is 1. The van der Waals surface area contributed by atoms with Gasteiger partial charge in [0.15, 0.2) is 0 Å². The zero-order chi connectivity index (χ0) is 19.5. The Morgan fingerprint density at radius 2 is 2.00 bits per heavy atom. The first-order valence-electron chi connectivity index (χ1n) is 9.23. The number of nitrogens with one attached hydrogen (secondary N) is 2. The first kappa shape index (κ1) is 18.0. The number of anilines is 1. The van der Waals surface area contributed by atoms with Gasteiger partial charge in [-0.3, -0.25) is 0 Å². The molecule has 3 aromatic rings. The summed E-state index contributed by atoms with van der Waals surface area (Å²) in [5, 5.41) is 4.15. The van der Waals surface area contributed by atoms with Gasteiger partial charge < -0.3 is 24.7 Å². The molecule has 0 spiro atoms. The van der Waals surface area contributed by atoms with Gasteiger partial charge >= 0.3 is 6.03 Å². The molecule has 1 aliphatic rings. The molecule has 2 amide bonds. The van der Waals surface area contributed by atoms with Crippen molar-refractivity contribution in [2.45, 2.75) is 6.42 Å². The predicted molar refractivity (Wildman–Crippen MR) is 111 cm³/mol. The lowest BCUT2D eigenvalue weighted by Crippen LogP contribution is -2.37. The van der Waals surface area contributed by atoms with Gasteiger partial charge in [-0.05, 0) is 30.2 Å². The highest BCUT2D eigenvalue weighted by Gasteiger charge is 2.20. The molecule has 1 aromatic heterocycles. The Kier molecular flexibility index (Phi) is 4.93. The molecule has 0 unspecified atom stereocenters. The van der Waals surface area contributed by atoms with E-state index in [1.165, 1.54) is 16.5 Å². The summed E-state index contributed by atoms with van der Waals surface area (Å²) in [6, 6.07) is 13.4. The van der Waals surface area contributed by atoms with Crippen molar-refractivity contribution in [1.82, 2.24) is 9.88 Å². The number of ether oxygens (including phenoxy) is 2. The molecule has 4 rings (SSSR count). The average Bonchev–Trinajstić information content (AvgIpc) is 3.18. The van der Waals surface area contributed by atoms with Gasteiger partial charge in [-0.25, -0.2) is 4.79 Å². The molecule has 2 heterocycles. The molecule has 0 bridgehead atoms. The van der Waals surface area contributed by atoms with Gasteiger partial charge in [0.2, 0.25) is 0 Å². The Bertz CT molecular complexity index is 1040. The topological polar surface area (TPSA) is 66.6 Å². The van der Waals surface area contributed by atoms with Crippen LogP contribution in [-0.2, 0) is 0 Å². The van der Waals surface area contributed by atoms with Crippen molar-refractivity contribution < 1.29 is 14.3 Å². The SMILES string of the molecule is COc1ccc(OC)c(NC(=O)N2CC=C(c3c[nH]c4ccccc34)CC2)c1. The molecule has 0 saturated carbocycles. The van der Waals surface area contributed by atoms with Crippen molar-refractivity contribution in [3.8, 4) is 11.5 Å². The van der Waals surface area contributed by atoms with Gasteiger partial charge in [0.25, 0.3) is 0 Å². The summed E-state index contributed by atoms with van der Waals surface area (Å²) in [6.07, 6.45) is 4.99. The van der Waals surface area contributed by atoms with Crippen LogP contribution in [0.2, 0.25) is 0 Å². The fraction of sp³-hybridized carbons (Fsp3) is 0.227. The second-order valence-electron chi connectivity index (χ2n) is 6.67. The lowest BCUT2D eigenvalue weighted by molar-refractivity contribution is 0.217. The van der Waals surface area contributed by atoms with E-state index >= 15 is 0 Å². The smallest absolute Gasteiger partial charge is 0.322 e. The lowest BCUT2D eigenvalue weighted by atomic mass is 9.99. The molecule has 0 saturated heterocycles. The number of fused-ring (bicyclic) bond motifs is 1. The van der Waals surface area contributed by atoms with Gasteiger partial charge in [0.1, 0.15) is 11.5 Å². The summed E-state index contributed by atoms with van der Waals surface area (Å²) in [5.41, 5.74) is 4.20. The standard InChI is InChI=1S/C22H23N3O3/c1-27-16-7-8-21(28-2)20(13-16)24-22(26)25-11-9-15(10-12-25)18-14-23-19-6-4-3-5-17(18)19/h3-9,13-14,23H,10-12H2,1-2H3,(H,24,26). The van der Waals surface area contributed by atoms with Crippen LogP contribution in [0, 0.1) is 0 Å². The number of nitrogens with zero attached hydrogens (tertiary/aromatic N) is 1. The predicted octanol–water partition coefficient (Wildman–Crippen LogP) is 4.51. The minimum absolute atomic E-state index is 0.152. The number of rotatable bonds is 4. The van der Waals surface area contributed by atoms with Crippen LogP contribution >= 0.6 is 0 Å². The third-order valence-corrected chi connectivity index (χ3v) is 5.08. The van der Waals surface area contributed by atoms with Crippen molar-refractivity contribution in [2.75, 3.05) is 32.6 Å². The Morgan fingerprint density at radius 1 is 1.14 bits per heavy atom. The maximum absolute atomic E-state index is 12.7. The number of benzene rings is 2. The fourth-order valence-corrected chi connectivity index (χ4v) is 3.54. The number of aromatic nitrogens is 1. The number of amides is 2. The van der Waals surface area contributed by atoms with Gasteiger partial charge in [-0.15, -0.1) is 0 Å². The normalized spacial score (nSPS) is 13.9. The molecule has 1 aliphatic heterocycles. The molecule has 6 nitrogen and oxygen atoms in total. The minimum atomic E-state index is -0.152. The zero-order valence-corrected chi connectivity index (χ0v) is 16.0. The second kappa shape index (κ2) is 7.68. The molecule has 6 heteroatoms. The molecule has 144 valence electrons. The summed E-state index contributed by atoms with van der Waals surface area (Å²) < 4.78 is 10.6. The molecule has 28 heavy (non-hydrogen) atoms. The van der Waals surface area contributed by atoms with Crippen LogP contribution < -0.4 is 14.8 Å². The number of hydrogen-bond donors (Lipinski definition) is 2. The molecule has 0 fully saturated rings. The van der Waals surface area contributed by atoms with Crippen molar-refractivity contribution >= 4 is 28.2 Å². The van der Waals surface area contributed by atoms with Crippen molar-refractivity contribution in [3.05, 3.63) is 60.3 Å². The number of urea groups is 1.